The summed E-state index contributed by atoms with van der Waals surface area (Å²) in [6.45, 7) is 1.13. The predicted octanol–water partition coefficient (Wildman–Crippen LogP) is 2.63. The maximum Gasteiger partial charge on any atom is 0.273 e. The molecule has 4 rings (SSSR count). The summed E-state index contributed by atoms with van der Waals surface area (Å²) < 4.78 is 32.8. The summed E-state index contributed by atoms with van der Waals surface area (Å²) in [5, 5.41) is 8.40. The molecule has 1 unspecified atom stereocenters. The van der Waals surface area contributed by atoms with E-state index >= 15 is 0 Å². The number of nitrogens with one attached hydrogen (secondary N) is 1. The molecule has 0 bridgehead atoms. The number of amides is 1. The fourth-order valence-electron chi connectivity index (χ4n) is 3.29. The molecule has 1 atom stereocenters. The van der Waals surface area contributed by atoms with Gasteiger partial charge in [0.15, 0.2) is 5.69 Å². The number of piperidine rings is 1. The van der Waals surface area contributed by atoms with Crippen LogP contribution in [0.1, 0.15) is 40.6 Å². The molecule has 1 fully saturated rings. The Kier molecular flexibility index (Phi) is 5.74. The Morgan fingerprint density at radius 1 is 1.34 bits per heavy atom. The third-order valence-electron chi connectivity index (χ3n) is 4.81. The molecular formula is C19H20N4O4S2. The Morgan fingerprint density at radius 3 is 3.00 bits per heavy atom. The zero-order valence-corrected chi connectivity index (χ0v) is 17.2. The average molecular weight is 433 g/mol. The summed E-state index contributed by atoms with van der Waals surface area (Å²) >= 11 is 1.21. The predicted molar refractivity (Wildman–Crippen MR) is 107 cm³/mol. The minimum atomic E-state index is -3.50. The lowest BCUT2D eigenvalue weighted by Gasteiger charge is -2.30. The Balaban J connectivity index is 1.41. The van der Waals surface area contributed by atoms with Crippen molar-refractivity contribution < 1.29 is 17.7 Å². The zero-order valence-electron chi connectivity index (χ0n) is 15.5. The Bertz CT molecular complexity index is 1060. The molecule has 0 aromatic carbocycles. The number of carbonyl (C=O) groups is 1. The topological polar surface area (TPSA) is 105 Å². The van der Waals surface area contributed by atoms with Crippen LogP contribution in [0.3, 0.4) is 0 Å². The summed E-state index contributed by atoms with van der Waals surface area (Å²) in [6, 6.07) is 8.61. The van der Waals surface area contributed by atoms with Crippen LogP contribution in [-0.4, -0.2) is 41.9 Å². The van der Waals surface area contributed by atoms with E-state index in [-0.39, 0.29) is 17.5 Å². The van der Waals surface area contributed by atoms with Crippen LogP contribution in [0.15, 0.2) is 56.8 Å². The minimum Gasteiger partial charge on any atom is -0.360 e. The first-order valence-electron chi connectivity index (χ1n) is 9.21. The molecule has 29 heavy (non-hydrogen) atoms. The fraction of sp³-hybridized carbons (Fsp3) is 0.316. The number of thiophene rings is 1. The van der Waals surface area contributed by atoms with Gasteiger partial charge in [-0.25, -0.2) is 8.42 Å². The van der Waals surface area contributed by atoms with Crippen molar-refractivity contribution in [2.45, 2.75) is 29.5 Å². The van der Waals surface area contributed by atoms with E-state index in [1.165, 1.54) is 15.6 Å². The van der Waals surface area contributed by atoms with Crippen LogP contribution in [0.4, 0.5) is 0 Å². The minimum absolute atomic E-state index is 0.133. The highest BCUT2D eigenvalue weighted by atomic mass is 32.2. The molecule has 1 aliphatic heterocycles. The molecule has 4 heterocycles. The molecule has 1 N–H and O–H groups in total. The summed E-state index contributed by atoms with van der Waals surface area (Å²) in [7, 11) is -3.50. The lowest BCUT2D eigenvalue weighted by molar-refractivity contribution is 0.0941. The number of aromatic nitrogens is 2. The Morgan fingerprint density at radius 2 is 2.24 bits per heavy atom. The van der Waals surface area contributed by atoms with Gasteiger partial charge in [-0.05, 0) is 35.9 Å². The van der Waals surface area contributed by atoms with Crippen molar-refractivity contribution in [2.24, 2.45) is 0 Å². The molecule has 152 valence electrons. The number of hydrogen-bond donors (Lipinski definition) is 1. The molecule has 8 nitrogen and oxygen atoms in total. The molecule has 1 aliphatic rings. The van der Waals surface area contributed by atoms with Gasteiger partial charge in [0.1, 0.15) is 9.97 Å². The van der Waals surface area contributed by atoms with Gasteiger partial charge in [-0.1, -0.05) is 17.3 Å². The molecule has 1 saturated heterocycles. The van der Waals surface area contributed by atoms with Crippen molar-refractivity contribution in [3.05, 3.63) is 65.1 Å². The van der Waals surface area contributed by atoms with E-state index in [1.54, 1.807) is 42.0 Å². The van der Waals surface area contributed by atoms with E-state index < -0.39 is 10.0 Å². The standard InChI is InChI=1S/C19H20N4O4S2/c24-19(21-12-14-4-1-7-20-11-14)16-10-17(27-22-16)15-5-2-8-23(13-15)29(25,26)18-6-3-9-28-18/h1,3-4,6-7,9-11,15H,2,5,8,12-13H2,(H,21,24). The molecule has 1 amide bonds. The number of carbonyl (C=O) groups excluding carboxylic acids is 1. The van der Waals surface area contributed by atoms with Crippen LogP contribution in [0.25, 0.3) is 0 Å². The highest BCUT2D eigenvalue weighted by Gasteiger charge is 2.33. The molecule has 10 heteroatoms. The third kappa shape index (κ3) is 4.39. The monoisotopic (exact) mass is 432 g/mol. The van der Waals surface area contributed by atoms with E-state index in [4.69, 9.17) is 4.52 Å². The lowest BCUT2D eigenvalue weighted by Crippen LogP contribution is -2.38. The van der Waals surface area contributed by atoms with Crippen molar-refractivity contribution in [3.8, 4) is 0 Å². The smallest absolute Gasteiger partial charge is 0.273 e. The summed E-state index contributed by atoms with van der Waals surface area (Å²) in [5.41, 5.74) is 1.06. The normalized spacial score (nSPS) is 17.9. The van der Waals surface area contributed by atoms with Crippen LogP contribution in [0.2, 0.25) is 0 Å². The lowest BCUT2D eigenvalue weighted by atomic mass is 9.97. The zero-order chi connectivity index (χ0) is 20.3. The number of sulfonamides is 1. The molecule has 0 aliphatic carbocycles. The highest BCUT2D eigenvalue weighted by Crippen LogP contribution is 2.31. The maximum atomic E-state index is 12.8. The molecule has 0 spiro atoms. The van der Waals surface area contributed by atoms with Crippen LogP contribution in [0.5, 0.6) is 0 Å². The quantitative estimate of drug-likeness (QED) is 0.642. The first kappa shape index (κ1) is 19.7. The van der Waals surface area contributed by atoms with Gasteiger partial charge in [0.2, 0.25) is 0 Å². The van der Waals surface area contributed by atoms with Crippen molar-refractivity contribution in [1.82, 2.24) is 19.8 Å². The van der Waals surface area contributed by atoms with Gasteiger partial charge in [0, 0.05) is 44.0 Å². The van der Waals surface area contributed by atoms with Crippen LogP contribution < -0.4 is 5.32 Å². The second-order valence-electron chi connectivity index (χ2n) is 6.79. The van der Waals surface area contributed by atoms with E-state index in [0.29, 0.717) is 29.6 Å². The molecular weight excluding hydrogens is 412 g/mol. The first-order chi connectivity index (χ1) is 14.0. The molecule has 3 aromatic rings. The highest BCUT2D eigenvalue weighted by molar-refractivity contribution is 7.91. The molecule has 0 saturated carbocycles. The van der Waals surface area contributed by atoms with E-state index in [0.717, 1.165) is 18.4 Å². The number of hydrogen-bond acceptors (Lipinski definition) is 7. The SMILES string of the molecule is O=C(NCc1cccnc1)c1cc(C2CCCN(S(=O)(=O)c3cccs3)C2)on1. The largest absolute Gasteiger partial charge is 0.360 e. The van der Waals surface area contributed by atoms with Crippen LogP contribution >= 0.6 is 11.3 Å². The van der Waals surface area contributed by atoms with Gasteiger partial charge >= 0.3 is 0 Å². The van der Waals surface area contributed by atoms with Crippen molar-refractivity contribution in [3.63, 3.8) is 0 Å². The third-order valence-corrected chi connectivity index (χ3v) is 8.05. The van der Waals surface area contributed by atoms with Gasteiger partial charge in [0.05, 0.1) is 0 Å². The molecule has 3 aromatic heterocycles. The second-order valence-corrected chi connectivity index (χ2v) is 9.91. The number of nitrogens with zero attached hydrogens (tertiary/aromatic N) is 3. The first-order valence-corrected chi connectivity index (χ1v) is 11.5. The van der Waals surface area contributed by atoms with Crippen molar-refractivity contribution in [2.75, 3.05) is 13.1 Å². The van der Waals surface area contributed by atoms with Crippen LogP contribution in [0, 0.1) is 0 Å². The Hall–Kier alpha value is -2.56. The molecule has 0 radical (unpaired) electrons. The van der Waals surface area contributed by atoms with Crippen molar-refractivity contribution in [1.29, 1.82) is 0 Å². The maximum absolute atomic E-state index is 12.8. The van der Waals surface area contributed by atoms with Gasteiger partial charge in [-0.15, -0.1) is 11.3 Å². The fourth-order valence-corrected chi connectivity index (χ4v) is 5.96. The van der Waals surface area contributed by atoms with E-state index in [9.17, 15) is 13.2 Å². The number of rotatable bonds is 6. The van der Waals surface area contributed by atoms with Gasteiger partial charge in [0.25, 0.3) is 15.9 Å². The van der Waals surface area contributed by atoms with Gasteiger partial charge in [-0.3, -0.25) is 9.78 Å². The van der Waals surface area contributed by atoms with E-state index in [2.05, 4.69) is 15.5 Å². The van der Waals surface area contributed by atoms with Gasteiger partial charge < -0.3 is 9.84 Å². The summed E-state index contributed by atoms with van der Waals surface area (Å²) in [6.07, 6.45) is 4.85. The van der Waals surface area contributed by atoms with Crippen molar-refractivity contribution >= 4 is 27.3 Å². The average Bonchev–Trinajstić information content (AvgIpc) is 3.45. The second kappa shape index (κ2) is 8.44. The number of pyridine rings is 1. The Labute approximate surface area is 172 Å². The van der Waals surface area contributed by atoms with Crippen LogP contribution in [-0.2, 0) is 16.6 Å². The summed E-state index contributed by atoms with van der Waals surface area (Å²) in [5.74, 6) is 0.0520. The summed E-state index contributed by atoms with van der Waals surface area (Å²) in [4.78, 5) is 16.3. The van der Waals surface area contributed by atoms with E-state index in [1.807, 2.05) is 6.07 Å². The van der Waals surface area contributed by atoms with Gasteiger partial charge in [-0.2, -0.15) is 4.31 Å².